The molecule has 4 nitrogen and oxygen atoms in total. The fourth-order valence-corrected chi connectivity index (χ4v) is 4.80. The van der Waals surface area contributed by atoms with Gasteiger partial charge in [0.2, 0.25) is 6.29 Å². The Balaban J connectivity index is 2.85. The molecule has 0 bridgehead atoms. The van der Waals surface area contributed by atoms with Crippen molar-refractivity contribution in [3.8, 4) is 5.75 Å². The molecule has 1 unspecified atom stereocenters. The van der Waals surface area contributed by atoms with Gasteiger partial charge in [0.05, 0.1) is 7.14 Å². The first-order valence-electron chi connectivity index (χ1n) is 4.30. The molecule has 1 aromatic carbocycles. The van der Waals surface area contributed by atoms with E-state index >= 15 is 0 Å². The minimum atomic E-state index is -1.27. The van der Waals surface area contributed by atoms with E-state index in [1.807, 2.05) is 12.1 Å². The molecule has 2 N–H and O–H groups in total. The number of hydrogen-bond donors (Lipinski definition) is 2. The summed E-state index contributed by atoms with van der Waals surface area (Å²) in [6, 6.07) is 3.82. The number of carboxylic acid groups (broad SMARTS) is 1. The third-order valence-electron chi connectivity index (χ3n) is 1.61. The van der Waals surface area contributed by atoms with E-state index in [-0.39, 0.29) is 0 Å². The van der Waals surface area contributed by atoms with Crippen molar-refractivity contribution in [3.05, 3.63) is 35.0 Å². The molecule has 17 heavy (non-hydrogen) atoms. The van der Waals surface area contributed by atoms with E-state index in [0.717, 1.165) is 22.9 Å². The van der Waals surface area contributed by atoms with E-state index in [4.69, 9.17) is 9.84 Å². The molecule has 92 valence electrons. The zero-order valence-corrected chi connectivity index (χ0v) is 14.7. The van der Waals surface area contributed by atoms with Crippen molar-refractivity contribution in [2.45, 2.75) is 6.29 Å². The Hall–Kier alpha value is 0.380. The topological polar surface area (TPSA) is 66.8 Å². The largest absolute Gasteiger partial charge is 0.478 e. The molecule has 1 aromatic rings. The maximum Gasteiger partial charge on any atom is 0.328 e. The Kier molecular flexibility index (Phi) is 6.44. The van der Waals surface area contributed by atoms with Crippen LogP contribution in [0.5, 0.6) is 5.75 Å². The van der Waals surface area contributed by atoms with E-state index in [9.17, 15) is 9.90 Å². The van der Waals surface area contributed by atoms with E-state index in [0.29, 0.717) is 5.75 Å². The molecule has 1 rings (SSSR count). The van der Waals surface area contributed by atoms with E-state index < -0.39 is 12.3 Å². The molecule has 0 saturated carbocycles. The number of halogens is 3. The highest BCUT2D eigenvalue weighted by molar-refractivity contribution is 14.1. The summed E-state index contributed by atoms with van der Waals surface area (Å²) in [5.74, 6) is -0.575. The van der Waals surface area contributed by atoms with Gasteiger partial charge in [-0.15, -0.1) is 0 Å². The smallest absolute Gasteiger partial charge is 0.328 e. The number of carboxylic acids is 1. The highest BCUT2D eigenvalue weighted by Crippen LogP contribution is 2.30. The van der Waals surface area contributed by atoms with Gasteiger partial charge in [-0.25, -0.2) is 4.79 Å². The predicted molar refractivity (Wildman–Crippen MR) is 88.0 cm³/mol. The standard InChI is InChI=1S/C10H7I3O4/c11-5-3-6(12)10(7(13)4-5)17-9(16)2-1-8(14)15/h1-4,9,16H,(H,14,15)/b2-1+. The molecule has 7 heteroatoms. The zero-order valence-electron chi connectivity index (χ0n) is 8.23. The molecule has 0 aliphatic heterocycles. The van der Waals surface area contributed by atoms with Crippen LogP contribution in [0.3, 0.4) is 0 Å². The summed E-state index contributed by atoms with van der Waals surface area (Å²) in [4.78, 5) is 10.3. The van der Waals surface area contributed by atoms with Crippen molar-refractivity contribution in [1.29, 1.82) is 0 Å². The average Bonchev–Trinajstić information content (AvgIpc) is 2.20. The monoisotopic (exact) mass is 572 g/mol. The van der Waals surface area contributed by atoms with Crippen LogP contribution in [0.15, 0.2) is 24.3 Å². The minimum Gasteiger partial charge on any atom is -0.478 e. The number of carbonyl (C=O) groups is 1. The quantitative estimate of drug-likeness (QED) is 0.332. The number of aliphatic carboxylic acids is 1. The fraction of sp³-hybridized carbons (Fsp3) is 0.100. The first-order chi connectivity index (χ1) is 7.90. The third-order valence-corrected chi connectivity index (χ3v) is 3.83. The predicted octanol–water partition coefficient (Wildman–Crippen LogP) is 2.84. The molecule has 0 heterocycles. The molecule has 1 atom stereocenters. The van der Waals surface area contributed by atoms with Gasteiger partial charge in [-0.05, 0) is 86.0 Å². The van der Waals surface area contributed by atoms with Gasteiger partial charge in [-0.2, -0.15) is 0 Å². The molecule has 0 aliphatic rings. The van der Waals surface area contributed by atoms with Gasteiger partial charge in [0, 0.05) is 9.65 Å². The maximum atomic E-state index is 10.3. The van der Waals surface area contributed by atoms with Crippen molar-refractivity contribution >= 4 is 73.7 Å². The molecule has 0 saturated heterocycles. The minimum absolute atomic E-state index is 0.550. The molecule has 0 amide bonds. The van der Waals surface area contributed by atoms with Crippen LogP contribution in [0, 0.1) is 10.7 Å². The zero-order chi connectivity index (χ0) is 13.0. The molecule has 0 spiro atoms. The number of aliphatic hydroxyl groups is 1. The summed E-state index contributed by atoms with van der Waals surface area (Å²) in [7, 11) is 0. The average molecular weight is 572 g/mol. The number of benzene rings is 1. The van der Waals surface area contributed by atoms with Crippen LogP contribution in [0.1, 0.15) is 0 Å². The van der Waals surface area contributed by atoms with Crippen molar-refractivity contribution in [1.82, 2.24) is 0 Å². The fourth-order valence-electron chi connectivity index (χ4n) is 0.966. The highest BCUT2D eigenvalue weighted by Gasteiger charge is 2.11. The van der Waals surface area contributed by atoms with Crippen molar-refractivity contribution < 1.29 is 19.7 Å². The van der Waals surface area contributed by atoms with Gasteiger partial charge >= 0.3 is 5.97 Å². The summed E-state index contributed by atoms with van der Waals surface area (Å²) in [5, 5.41) is 17.9. The van der Waals surface area contributed by atoms with E-state index in [1.54, 1.807) is 0 Å². The maximum absolute atomic E-state index is 10.3. The lowest BCUT2D eigenvalue weighted by Gasteiger charge is -2.13. The summed E-state index contributed by atoms with van der Waals surface area (Å²) >= 11 is 6.39. The first-order valence-corrected chi connectivity index (χ1v) is 7.54. The van der Waals surface area contributed by atoms with E-state index in [1.165, 1.54) is 0 Å². The Labute approximate surface area is 139 Å². The van der Waals surface area contributed by atoms with Crippen molar-refractivity contribution in [3.63, 3.8) is 0 Å². The number of ether oxygens (including phenoxy) is 1. The lowest BCUT2D eigenvalue weighted by molar-refractivity contribution is -0.131. The molecule has 0 aliphatic carbocycles. The summed E-state index contributed by atoms with van der Waals surface area (Å²) < 4.78 is 8.06. The van der Waals surface area contributed by atoms with Gasteiger partial charge in [-0.1, -0.05) is 0 Å². The normalized spacial score (nSPS) is 12.7. The van der Waals surface area contributed by atoms with Gasteiger partial charge < -0.3 is 14.9 Å². The van der Waals surface area contributed by atoms with Crippen molar-refractivity contribution in [2.24, 2.45) is 0 Å². The number of rotatable bonds is 4. The van der Waals surface area contributed by atoms with Crippen LogP contribution in [0.2, 0.25) is 0 Å². The summed E-state index contributed by atoms with van der Waals surface area (Å²) in [6.45, 7) is 0. The first kappa shape index (κ1) is 15.4. The van der Waals surface area contributed by atoms with Crippen LogP contribution >= 0.6 is 67.8 Å². The lowest BCUT2D eigenvalue weighted by atomic mass is 10.3. The Bertz CT molecular complexity index is 436. The van der Waals surface area contributed by atoms with Crippen LogP contribution in [0.4, 0.5) is 0 Å². The SMILES string of the molecule is O=C(O)/C=C/C(O)Oc1c(I)cc(I)cc1I. The molecule has 0 radical (unpaired) electrons. The second kappa shape index (κ2) is 7.09. The number of hydrogen-bond acceptors (Lipinski definition) is 3. The second-order valence-electron chi connectivity index (χ2n) is 2.90. The van der Waals surface area contributed by atoms with Crippen LogP contribution in [0.25, 0.3) is 0 Å². The van der Waals surface area contributed by atoms with Gasteiger partial charge in [0.1, 0.15) is 5.75 Å². The number of aliphatic hydroxyl groups excluding tert-OH is 1. The Morgan fingerprint density at radius 3 is 2.29 bits per heavy atom. The molecular formula is C10H7I3O4. The van der Waals surface area contributed by atoms with Crippen LogP contribution in [-0.2, 0) is 4.79 Å². The highest BCUT2D eigenvalue weighted by atomic mass is 127. The van der Waals surface area contributed by atoms with Gasteiger partial charge in [0.25, 0.3) is 0 Å². The third kappa shape index (κ3) is 5.26. The van der Waals surface area contributed by atoms with Crippen molar-refractivity contribution in [2.75, 3.05) is 0 Å². The van der Waals surface area contributed by atoms with Gasteiger partial charge in [-0.3, -0.25) is 0 Å². The van der Waals surface area contributed by atoms with Crippen LogP contribution in [-0.4, -0.2) is 22.5 Å². The van der Waals surface area contributed by atoms with E-state index in [2.05, 4.69) is 67.8 Å². The van der Waals surface area contributed by atoms with Gasteiger partial charge in [0.15, 0.2) is 0 Å². The summed E-state index contributed by atoms with van der Waals surface area (Å²) in [5.41, 5.74) is 0. The molecule has 0 aromatic heterocycles. The summed E-state index contributed by atoms with van der Waals surface area (Å²) in [6.07, 6.45) is 0.650. The lowest BCUT2D eigenvalue weighted by Crippen LogP contribution is -2.14. The Morgan fingerprint density at radius 1 is 1.29 bits per heavy atom. The Morgan fingerprint density at radius 2 is 1.82 bits per heavy atom. The second-order valence-corrected chi connectivity index (χ2v) is 6.47. The molecular weight excluding hydrogens is 565 g/mol. The molecule has 0 fully saturated rings. The van der Waals surface area contributed by atoms with Crippen LogP contribution < -0.4 is 4.74 Å².